The van der Waals surface area contributed by atoms with Crippen LogP contribution in [0.25, 0.3) is 10.9 Å². The number of hydrogen-bond acceptors (Lipinski definition) is 6. The molecule has 0 fully saturated rings. The van der Waals surface area contributed by atoms with Gasteiger partial charge in [0, 0.05) is 21.7 Å². The van der Waals surface area contributed by atoms with Crippen molar-refractivity contribution in [3.8, 4) is 0 Å². The van der Waals surface area contributed by atoms with Gasteiger partial charge in [0.1, 0.15) is 11.6 Å². The zero-order valence-corrected chi connectivity index (χ0v) is 15.8. The van der Waals surface area contributed by atoms with Gasteiger partial charge in [0.05, 0.1) is 18.1 Å². The summed E-state index contributed by atoms with van der Waals surface area (Å²) in [7, 11) is 0. The van der Waals surface area contributed by atoms with Crippen LogP contribution >= 0.6 is 22.7 Å². The normalized spacial score (nSPS) is 17.5. The number of anilines is 1. The molecule has 4 heterocycles. The van der Waals surface area contributed by atoms with Gasteiger partial charge < -0.3 is 5.73 Å². The maximum Gasteiger partial charge on any atom is 0.145 e. The van der Waals surface area contributed by atoms with Crippen molar-refractivity contribution in [1.29, 1.82) is 0 Å². The molecule has 5 rings (SSSR count). The zero-order chi connectivity index (χ0) is 17.5. The maximum absolute atomic E-state index is 6.19. The van der Waals surface area contributed by atoms with Crippen LogP contribution in [0.3, 0.4) is 0 Å². The number of benzene rings is 1. The third-order valence-corrected chi connectivity index (χ3v) is 6.82. The number of para-hydroxylation sites is 1. The molecule has 2 N–H and O–H groups in total. The predicted octanol–water partition coefficient (Wildman–Crippen LogP) is 4.48. The molecule has 0 unspecified atom stereocenters. The molecule has 0 saturated heterocycles. The molecule has 26 heavy (non-hydrogen) atoms. The van der Waals surface area contributed by atoms with E-state index in [-0.39, 0.29) is 6.04 Å². The Kier molecular flexibility index (Phi) is 3.96. The molecule has 1 aliphatic rings. The lowest BCUT2D eigenvalue weighted by Crippen LogP contribution is -2.35. The average molecular weight is 379 g/mol. The number of hydrogen-bond donors (Lipinski definition) is 1. The number of nitrogen functional groups attached to an aromatic ring is 1. The Balaban J connectivity index is 1.53. The largest absolute Gasteiger partial charge is 0.383 e. The molecule has 1 aliphatic heterocycles. The van der Waals surface area contributed by atoms with E-state index < -0.39 is 0 Å². The summed E-state index contributed by atoms with van der Waals surface area (Å²) >= 11 is 3.68. The van der Waals surface area contributed by atoms with Crippen LogP contribution < -0.4 is 5.73 Å². The van der Waals surface area contributed by atoms with Crippen molar-refractivity contribution >= 4 is 39.4 Å². The summed E-state index contributed by atoms with van der Waals surface area (Å²) in [5.41, 5.74) is 8.53. The lowest BCUT2D eigenvalue weighted by molar-refractivity contribution is 0.204. The van der Waals surface area contributed by atoms with Gasteiger partial charge in [-0.15, -0.1) is 22.7 Å². The second-order valence-corrected chi connectivity index (χ2v) is 8.46. The molecule has 0 aliphatic carbocycles. The molecule has 4 nitrogen and oxygen atoms in total. The summed E-state index contributed by atoms with van der Waals surface area (Å²) in [6.45, 7) is 1.71. The van der Waals surface area contributed by atoms with Gasteiger partial charge in [0.15, 0.2) is 0 Å². The highest BCUT2D eigenvalue weighted by atomic mass is 32.1. The molecule has 0 saturated carbocycles. The highest BCUT2D eigenvalue weighted by Gasteiger charge is 2.30. The molecule has 3 aromatic heterocycles. The third kappa shape index (κ3) is 2.70. The van der Waals surface area contributed by atoms with E-state index in [1.165, 1.54) is 15.3 Å². The van der Waals surface area contributed by atoms with Gasteiger partial charge in [-0.2, -0.15) is 0 Å². The smallest absolute Gasteiger partial charge is 0.145 e. The van der Waals surface area contributed by atoms with Crippen molar-refractivity contribution in [2.75, 3.05) is 12.3 Å². The van der Waals surface area contributed by atoms with Crippen LogP contribution in [0.15, 0.2) is 53.2 Å². The SMILES string of the molecule is Nc1nc(CN2CCc3sccc3[C@@H]2c2cccs2)nc2ccccc12. The van der Waals surface area contributed by atoms with Gasteiger partial charge in [0.25, 0.3) is 0 Å². The third-order valence-electron chi connectivity index (χ3n) is 4.90. The van der Waals surface area contributed by atoms with Crippen molar-refractivity contribution in [3.63, 3.8) is 0 Å². The van der Waals surface area contributed by atoms with E-state index in [0.29, 0.717) is 12.4 Å². The number of nitrogens with two attached hydrogens (primary N) is 1. The quantitative estimate of drug-likeness (QED) is 0.571. The van der Waals surface area contributed by atoms with Gasteiger partial charge >= 0.3 is 0 Å². The van der Waals surface area contributed by atoms with Crippen molar-refractivity contribution in [1.82, 2.24) is 14.9 Å². The van der Waals surface area contributed by atoms with Crippen molar-refractivity contribution < 1.29 is 0 Å². The van der Waals surface area contributed by atoms with Crippen molar-refractivity contribution in [2.24, 2.45) is 0 Å². The van der Waals surface area contributed by atoms with Gasteiger partial charge in [-0.1, -0.05) is 18.2 Å². The van der Waals surface area contributed by atoms with Crippen LogP contribution in [-0.4, -0.2) is 21.4 Å². The van der Waals surface area contributed by atoms with Gasteiger partial charge in [-0.3, -0.25) is 4.90 Å². The van der Waals surface area contributed by atoms with Crippen LogP contribution in [-0.2, 0) is 13.0 Å². The van der Waals surface area contributed by atoms with Gasteiger partial charge in [-0.25, -0.2) is 9.97 Å². The fourth-order valence-corrected chi connectivity index (χ4v) is 5.50. The Morgan fingerprint density at radius 3 is 2.85 bits per heavy atom. The lowest BCUT2D eigenvalue weighted by Gasteiger charge is -2.35. The fourth-order valence-electron chi connectivity index (χ4n) is 3.72. The van der Waals surface area contributed by atoms with E-state index in [2.05, 4.69) is 38.8 Å². The molecular formula is C20H18N4S2. The van der Waals surface area contributed by atoms with E-state index >= 15 is 0 Å². The molecule has 6 heteroatoms. The summed E-state index contributed by atoms with van der Waals surface area (Å²) in [5, 5.41) is 5.28. The van der Waals surface area contributed by atoms with Crippen LogP contribution in [0.4, 0.5) is 5.82 Å². The number of nitrogens with zero attached hydrogens (tertiary/aromatic N) is 3. The van der Waals surface area contributed by atoms with Crippen molar-refractivity contribution in [2.45, 2.75) is 19.0 Å². The summed E-state index contributed by atoms with van der Waals surface area (Å²) in [4.78, 5) is 14.7. The minimum atomic E-state index is 0.279. The number of fused-ring (bicyclic) bond motifs is 2. The Bertz CT molecular complexity index is 1050. The first kappa shape index (κ1) is 15.9. The lowest BCUT2D eigenvalue weighted by atomic mass is 9.98. The molecule has 130 valence electrons. The van der Waals surface area contributed by atoms with Gasteiger partial charge in [-0.05, 0) is 47.0 Å². The topological polar surface area (TPSA) is 55.0 Å². The first-order valence-corrected chi connectivity index (χ1v) is 10.4. The summed E-state index contributed by atoms with van der Waals surface area (Å²) in [6, 6.07) is 14.8. The van der Waals surface area contributed by atoms with Crippen LogP contribution in [0.5, 0.6) is 0 Å². The zero-order valence-electron chi connectivity index (χ0n) is 14.1. The van der Waals surface area contributed by atoms with E-state index in [1.54, 1.807) is 0 Å². The first-order valence-electron chi connectivity index (χ1n) is 8.64. The number of rotatable bonds is 3. The average Bonchev–Trinajstić information content (AvgIpc) is 3.33. The molecule has 0 bridgehead atoms. The minimum absolute atomic E-state index is 0.279. The molecule has 0 amide bonds. The molecular weight excluding hydrogens is 360 g/mol. The fraction of sp³-hybridized carbons (Fsp3) is 0.200. The van der Waals surface area contributed by atoms with E-state index in [4.69, 9.17) is 10.7 Å². The summed E-state index contributed by atoms with van der Waals surface area (Å²) < 4.78 is 0. The monoisotopic (exact) mass is 378 g/mol. The van der Waals surface area contributed by atoms with Crippen LogP contribution in [0.2, 0.25) is 0 Å². The second-order valence-electron chi connectivity index (χ2n) is 6.48. The number of aromatic nitrogens is 2. The Hall–Kier alpha value is -2.28. The van der Waals surface area contributed by atoms with E-state index in [0.717, 1.165) is 29.7 Å². The molecule has 0 radical (unpaired) electrons. The van der Waals surface area contributed by atoms with Crippen molar-refractivity contribution in [3.05, 3.63) is 74.4 Å². The molecule has 0 spiro atoms. The minimum Gasteiger partial charge on any atom is -0.383 e. The second kappa shape index (κ2) is 6.46. The molecule has 4 aromatic rings. The highest BCUT2D eigenvalue weighted by molar-refractivity contribution is 7.10. The Labute approximate surface area is 160 Å². The van der Waals surface area contributed by atoms with E-state index in [9.17, 15) is 0 Å². The summed E-state index contributed by atoms with van der Waals surface area (Å²) in [5.74, 6) is 1.35. The molecule has 1 atom stereocenters. The Morgan fingerprint density at radius 1 is 1.04 bits per heavy atom. The first-order chi connectivity index (χ1) is 12.8. The summed E-state index contributed by atoms with van der Waals surface area (Å²) in [6.07, 6.45) is 1.08. The molecule has 1 aromatic carbocycles. The van der Waals surface area contributed by atoms with Crippen LogP contribution in [0, 0.1) is 0 Å². The van der Waals surface area contributed by atoms with E-state index in [1.807, 2.05) is 46.9 Å². The Morgan fingerprint density at radius 2 is 1.96 bits per heavy atom. The van der Waals surface area contributed by atoms with Gasteiger partial charge in [0.2, 0.25) is 0 Å². The standard InChI is InChI=1S/C20H18N4S2/c21-20-13-4-1-2-5-15(13)22-18(23-20)12-24-9-7-16-14(8-11-26-16)19(24)17-6-3-10-25-17/h1-6,8,10-11,19H,7,9,12H2,(H2,21,22,23)/t19-/m1/s1. The number of thiophene rings is 2. The predicted molar refractivity (Wildman–Crippen MR) is 109 cm³/mol. The highest BCUT2D eigenvalue weighted by Crippen LogP contribution is 2.40. The van der Waals surface area contributed by atoms with Crippen LogP contribution in [0.1, 0.15) is 27.2 Å². The maximum atomic E-state index is 6.19.